The fourth-order valence-electron chi connectivity index (χ4n) is 1.03. The molecule has 0 fully saturated rings. The standard InChI is InChI=1S/C8H6N2O.2Re/c11-8-6-3-1-2-4-7(6)9-5-10-8;;/h1-5H,(H-,9,10,11);;/q-2;;. The van der Waals surface area contributed by atoms with Crippen molar-refractivity contribution in [2.75, 3.05) is 5.32 Å². The SMILES string of the molecule is O=C1[N-][CH-]Nc2ccccc21.[Re].[Re]. The van der Waals surface area contributed by atoms with Gasteiger partial charge in [-0.2, -0.15) is 0 Å². The number of hydrogen-bond donors (Lipinski definition) is 1. The van der Waals surface area contributed by atoms with Gasteiger partial charge in [-0.15, -0.1) is 0 Å². The van der Waals surface area contributed by atoms with Crippen molar-refractivity contribution in [3.63, 3.8) is 0 Å². The molecule has 1 aromatic carbocycles. The van der Waals surface area contributed by atoms with Gasteiger partial charge in [-0.25, -0.2) is 0 Å². The number of hydrogen-bond acceptors (Lipinski definition) is 2. The van der Waals surface area contributed by atoms with Crippen LogP contribution in [-0.4, -0.2) is 5.91 Å². The van der Waals surface area contributed by atoms with E-state index in [1.807, 2.05) is 18.2 Å². The van der Waals surface area contributed by atoms with Gasteiger partial charge in [-0.1, -0.05) is 18.2 Å². The summed E-state index contributed by atoms with van der Waals surface area (Å²) < 4.78 is 0. The number of nitrogens with zero attached hydrogens (tertiary/aromatic N) is 1. The molecule has 0 aliphatic carbocycles. The molecule has 1 aromatic rings. The number of carbonyl (C=O) groups excluding carboxylic acids is 1. The van der Waals surface area contributed by atoms with Crippen LogP contribution in [0.1, 0.15) is 10.4 Å². The Balaban J connectivity index is 0.000000720. The molecule has 70 valence electrons. The fraction of sp³-hybridized carbons (Fsp3) is 0. The number of amides is 1. The molecular formula is C8H6N2ORe2-2. The first-order valence-corrected chi connectivity index (χ1v) is 3.30. The summed E-state index contributed by atoms with van der Waals surface area (Å²) in [6.45, 7) is 1.41. The third kappa shape index (κ3) is 2.63. The number of nitrogens with one attached hydrogen (secondary N) is 1. The third-order valence-electron chi connectivity index (χ3n) is 1.56. The minimum Gasteiger partial charge on any atom is -0.795 e. The van der Waals surface area contributed by atoms with Gasteiger partial charge in [-0.3, -0.25) is 0 Å². The van der Waals surface area contributed by atoms with Crippen molar-refractivity contribution in [2.45, 2.75) is 0 Å². The van der Waals surface area contributed by atoms with Crippen molar-refractivity contribution in [1.29, 1.82) is 0 Å². The van der Waals surface area contributed by atoms with Crippen molar-refractivity contribution >= 4 is 11.6 Å². The monoisotopic (exact) mass is 520 g/mol. The van der Waals surface area contributed by atoms with Crippen molar-refractivity contribution in [2.24, 2.45) is 0 Å². The molecule has 0 unspecified atom stereocenters. The van der Waals surface area contributed by atoms with Gasteiger partial charge in [0.1, 0.15) is 0 Å². The van der Waals surface area contributed by atoms with Crippen molar-refractivity contribution in [3.05, 3.63) is 41.8 Å². The molecule has 0 bridgehead atoms. The van der Waals surface area contributed by atoms with E-state index in [1.165, 1.54) is 6.67 Å². The average Bonchev–Trinajstić information content (AvgIpc) is 2.06. The summed E-state index contributed by atoms with van der Waals surface area (Å²) in [6, 6.07) is 7.29. The minimum absolute atomic E-state index is 0. The number of carbonyl (C=O) groups is 1. The number of para-hydroxylation sites is 1. The number of fused-ring (bicyclic) bond motifs is 1. The summed E-state index contributed by atoms with van der Waals surface area (Å²) in [5.74, 6) is -0.181. The third-order valence-corrected chi connectivity index (χ3v) is 1.56. The molecule has 0 saturated heterocycles. The summed E-state index contributed by atoms with van der Waals surface area (Å²) >= 11 is 0. The Bertz CT molecular complexity index is 304. The molecule has 1 aliphatic heterocycles. The van der Waals surface area contributed by atoms with E-state index in [9.17, 15) is 4.79 Å². The van der Waals surface area contributed by atoms with Gasteiger partial charge < -0.3 is 22.1 Å². The van der Waals surface area contributed by atoms with Crippen LogP contribution in [0.5, 0.6) is 0 Å². The molecule has 1 aliphatic rings. The van der Waals surface area contributed by atoms with Crippen molar-refractivity contribution in [1.82, 2.24) is 0 Å². The maximum absolute atomic E-state index is 11.0. The Kier molecular flexibility index (Phi) is 5.45. The van der Waals surface area contributed by atoms with Crippen LogP contribution in [0.25, 0.3) is 5.32 Å². The summed E-state index contributed by atoms with van der Waals surface area (Å²) in [4.78, 5) is 11.0. The largest absolute Gasteiger partial charge is 0.795 e. The summed E-state index contributed by atoms with van der Waals surface area (Å²) in [7, 11) is 0. The van der Waals surface area contributed by atoms with Gasteiger partial charge in [0.25, 0.3) is 0 Å². The van der Waals surface area contributed by atoms with Gasteiger partial charge in [0, 0.05) is 52.1 Å². The molecule has 0 spiro atoms. The summed E-state index contributed by atoms with van der Waals surface area (Å²) in [5, 5.41) is 6.48. The Morgan fingerprint density at radius 3 is 2.62 bits per heavy atom. The van der Waals surface area contributed by atoms with E-state index in [-0.39, 0.29) is 46.8 Å². The van der Waals surface area contributed by atoms with Gasteiger partial charge >= 0.3 is 0 Å². The second-order valence-corrected chi connectivity index (χ2v) is 2.25. The van der Waals surface area contributed by atoms with Crippen molar-refractivity contribution in [3.8, 4) is 0 Å². The van der Waals surface area contributed by atoms with Crippen LogP contribution in [0.15, 0.2) is 24.3 Å². The zero-order chi connectivity index (χ0) is 7.68. The van der Waals surface area contributed by atoms with E-state index in [1.54, 1.807) is 6.07 Å². The Labute approximate surface area is 104 Å². The molecule has 13 heavy (non-hydrogen) atoms. The van der Waals surface area contributed by atoms with E-state index in [4.69, 9.17) is 0 Å². The average molecular weight is 519 g/mol. The summed E-state index contributed by atoms with van der Waals surface area (Å²) in [5.41, 5.74) is 1.46. The van der Waals surface area contributed by atoms with E-state index in [0.717, 1.165) is 5.69 Å². The fourth-order valence-corrected chi connectivity index (χ4v) is 1.03. The predicted octanol–water partition coefficient (Wildman–Crippen LogP) is 1.74. The Hall–Kier alpha value is -0.185. The molecule has 1 amide bonds. The first-order valence-electron chi connectivity index (χ1n) is 3.30. The van der Waals surface area contributed by atoms with Crippen LogP contribution in [0.4, 0.5) is 5.69 Å². The molecule has 1 N–H and O–H groups in total. The molecule has 5 heteroatoms. The molecule has 2 radical (unpaired) electrons. The second kappa shape index (κ2) is 5.52. The Morgan fingerprint density at radius 1 is 1.23 bits per heavy atom. The molecule has 0 saturated carbocycles. The van der Waals surface area contributed by atoms with Crippen LogP contribution >= 0.6 is 0 Å². The molecule has 0 aromatic heterocycles. The number of benzene rings is 1. The Morgan fingerprint density at radius 2 is 1.92 bits per heavy atom. The first-order chi connectivity index (χ1) is 5.38. The minimum atomic E-state index is -0.181. The van der Waals surface area contributed by atoms with Crippen LogP contribution in [0, 0.1) is 6.67 Å². The molecule has 2 rings (SSSR count). The summed E-state index contributed by atoms with van der Waals surface area (Å²) in [6.07, 6.45) is 0. The normalized spacial score (nSPS) is 12.5. The van der Waals surface area contributed by atoms with Crippen LogP contribution in [0.3, 0.4) is 0 Å². The maximum atomic E-state index is 11.0. The van der Waals surface area contributed by atoms with Crippen molar-refractivity contribution < 1.29 is 45.6 Å². The molecule has 1 heterocycles. The molecule has 0 atom stereocenters. The van der Waals surface area contributed by atoms with Crippen LogP contribution in [-0.2, 0) is 40.8 Å². The van der Waals surface area contributed by atoms with E-state index < -0.39 is 0 Å². The van der Waals surface area contributed by atoms with E-state index >= 15 is 0 Å². The van der Waals surface area contributed by atoms with Crippen LogP contribution < -0.4 is 5.32 Å². The van der Waals surface area contributed by atoms with Crippen LogP contribution in [0.2, 0.25) is 0 Å². The smallest absolute Gasteiger partial charge is 0.0597 e. The zero-order valence-electron chi connectivity index (χ0n) is 6.50. The molecular weight excluding hydrogens is 513 g/mol. The second-order valence-electron chi connectivity index (χ2n) is 2.25. The number of rotatable bonds is 0. The predicted molar refractivity (Wildman–Crippen MR) is 42.1 cm³/mol. The quantitative estimate of drug-likeness (QED) is 0.532. The van der Waals surface area contributed by atoms with Gasteiger partial charge in [-0.05, 0) is 6.07 Å². The number of anilines is 1. The first kappa shape index (κ1) is 12.8. The van der Waals surface area contributed by atoms with Gasteiger partial charge in [0.05, 0.1) is 5.91 Å². The topological polar surface area (TPSA) is 43.2 Å². The zero-order valence-corrected chi connectivity index (χ0v) is 11.9. The van der Waals surface area contributed by atoms with Gasteiger partial charge in [0.15, 0.2) is 0 Å². The van der Waals surface area contributed by atoms with E-state index in [2.05, 4.69) is 10.6 Å². The maximum Gasteiger partial charge on any atom is 0.0597 e. The van der Waals surface area contributed by atoms with E-state index in [0.29, 0.717) is 5.56 Å². The molecule has 3 nitrogen and oxygen atoms in total. The van der Waals surface area contributed by atoms with Gasteiger partial charge in [0.2, 0.25) is 0 Å².